The predicted molar refractivity (Wildman–Crippen MR) is 118 cm³/mol. The van der Waals surface area contributed by atoms with Crippen molar-refractivity contribution in [3.05, 3.63) is 64.1 Å². The van der Waals surface area contributed by atoms with Crippen molar-refractivity contribution in [1.82, 2.24) is 10.3 Å². The van der Waals surface area contributed by atoms with Crippen LogP contribution in [-0.2, 0) is 48.0 Å². The number of hydrogen-bond acceptors (Lipinski definition) is 7. The molecule has 0 unspecified atom stereocenters. The number of carbonyl (C=O) groups excluding carboxylic acids is 4. The lowest BCUT2D eigenvalue weighted by Gasteiger charge is -2.08. The molecule has 1 aromatic carbocycles. The topological polar surface area (TPSA) is 124 Å². The second-order valence-electron chi connectivity index (χ2n) is 7.48. The van der Waals surface area contributed by atoms with E-state index >= 15 is 0 Å². The number of allylic oxidation sites excluding steroid dienone is 1. The summed E-state index contributed by atoms with van der Waals surface area (Å²) < 4.78 is 15.0. The number of hydrogen-bond donors (Lipinski definition) is 2. The van der Waals surface area contributed by atoms with E-state index in [4.69, 9.17) is 14.2 Å². The summed E-state index contributed by atoms with van der Waals surface area (Å²) in [6.45, 7) is 0.0634. The molecule has 1 saturated heterocycles. The second kappa shape index (κ2) is 11.1. The smallest absolute Gasteiger partial charge is 0.355 e. The third-order valence-corrected chi connectivity index (χ3v) is 5.26. The molecule has 1 aromatic heterocycles. The minimum atomic E-state index is -0.620. The maximum Gasteiger partial charge on any atom is 0.355 e. The molecule has 3 rings (SSSR count). The van der Waals surface area contributed by atoms with Crippen molar-refractivity contribution in [2.24, 2.45) is 0 Å². The van der Waals surface area contributed by atoms with Crippen molar-refractivity contribution in [2.75, 3.05) is 14.2 Å². The van der Waals surface area contributed by atoms with Gasteiger partial charge in [-0.15, -0.1) is 0 Å². The molecule has 1 aliphatic heterocycles. The van der Waals surface area contributed by atoms with E-state index in [-0.39, 0.29) is 37.5 Å². The highest BCUT2D eigenvalue weighted by molar-refractivity contribution is 5.92. The Balaban J connectivity index is 1.97. The lowest BCUT2D eigenvalue weighted by Crippen LogP contribution is -2.12. The minimum absolute atomic E-state index is 0.00817. The third-order valence-electron chi connectivity index (χ3n) is 5.26. The monoisotopic (exact) mass is 454 g/mol. The van der Waals surface area contributed by atoms with Gasteiger partial charge in [0.15, 0.2) is 0 Å². The normalized spacial score (nSPS) is 14.1. The first-order valence-corrected chi connectivity index (χ1v) is 10.5. The van der Waals surface area contributed by atoms with Gasteiger partial charge < -0.3 is 24.5 Å². The van der Waals surface area contributed by atoms with E-state index in [1.165, 1.54) is 14.2 Å². The van der Waals surface area contributed by atoms with E-state index in [2.05, 4.69) is 10.3 Å². The Morgan fingerprint density at radius 2 is 1.73 bits per heavy atom. The van der Waals surface area contributed by atoms with Crippen LogP contribution >= 0.6 is 0 Å². The fraction of sp³-hybridized carbons (Fsp3) is 0.333. The second-order valence-corrected chi connectivity index (χ2v) is 7.48. The molecular weight excluding hydrogens is 428 g/mol. The molecule has 174 valence electrons. The lowest BCUT2D eigenvalue weighted by molar-refractivity contribution is -0.141. The van der Waals surface area contributed by atoms with Crippen molar-refractivity contribution in [3.63, 3.8) is 0 Å². The van der Waals surface area contributed by atoms with Crippen LogP contribution in [0.1, 0.15) is 52.1 Å². The van der Waals surface area contributed by atoms with Crippen LogP contribution in [0, 0.1) is 0 Å². The van der Waals surface area contributed by atoms with Gasteiger partial charge in [0, 0.05) is 24.2 Å². The third kappa shape index (κ3) is 6.31. The van der Waals surface area contributed by atoms with Crippen molar-refractivity contribution >= 4 is 29.9 Å². The number of aromatic nitrogens is 1. The van der Waals surface area contributed by atoms with E-state index < -0.39 is 17.9 Å². The van der Waals surface area contributed by atoms with Crippen LogP contribution < -0.4 is 5.32 Å². The number of amides is 1. The summed E-state index contributed by atoms with van der Waals surface area (Å²) in [6.07, 6.45) is 2.61. The molecule has 0 spiro atoms. The first-order chi connectivity index (χ1) is 15.9. The molecule has 2 N–H and O–H groups in total. The Bertz CT molecular complexity index is 1070. The summed E-state index contributed by atoms with van der Waals surface area (Å²) in [5.74, 6) is -1.68. The Labute approximate surface area is 191 Å². The highest BCUT2D eigenvalue weighted by Crippen LogP contribution is 2.27. The van der Waals surface area contributed by atoms with E-state index in [9.17, 15) is 19.2 Å². The van der Waals surface area contributed by atoms with Crippen LogP contribution in [0.2, 0.25) is 0 Å². The van der Waals surface area contributed by atoms with Gasteiger partial charge in [-0.1, -0.05) is 30.3 Å². The molecule has 9 heteroatoms. The van der Waals surface area contributed by atoms with Crippen molar-refractivity contribution < 1.29 is 33.4 Å². The highest BCUT2D eigenvalue weighted by Gasteiger charge is 2.26. The fourth-order valence-corrected chi connectivity index (χ4v) is 3.55. The Kier molecular flexibility index (Phi) is 8.01. The number of H-pyrrole nitrogens is 1. The van der Waals surface area contributed by atoms with Crippen LogP contribution in [0.25, 0.3) is 6.08 Å². The van der Waals surface area contributed by atoms with Gasteiger partial charge in [-0.05, 0) is 35.6 Å². The zero-order valence-corrected chi connectivity index (χ0v) is 18.6. The van der Waals surface area contributed by atoms with Gasteiger partial charge in [0.25, 0.3) is 0 Å². The number of ether oxygens (including phenoxy) is 3. The zero-order valence-electron chi connectivity index (χ0n) is 18.6. The average Bonchev–Trinajstić information content (AvgIpc) is 3.39. The average molecular weight is 454 g/mol. The summed E-state index contributed by atoms with van der Waals surface area (Å²) in [7, 11) is 2.55. The van der Waals surface area contributed by atoms with Crippen molar-refractivity contribution in [1.29, 1.82) is 0 Å². The van der Waals surface area contributed by atoms with Gasteiger partial charge in [0.1, 0.15) is 12.3 Å². The van der Waals surface area contributed by atoms with Crippen LogP contribution in [0.3, 0.4) is 0 Å². The predicted octanol–water partition coefficient (Wildman–Crippen LogP) is 2.44. The number of rotatable bonds is 9. The maximum atomic E-state index is 13.0. The first-order valence-electron chi connectivity index (χ1n) is 10.5. The quantitative estimate of drug-likeness (QED) is 0.441. The highest BCUT2D eigenvalue weighted by atomic mass is 16.5. The van der Waals surface area contributed by atoms with E-state index in [0.717, 1.165) is 5.56 Å². The summed E-state index contributed by atoms with van der Waals surface area (Å²) in [6, 6.07) is 9.22. The molecule has 0 aliphatic carbocycles. The Morgan fingerprint density at radius 3 is 2.36 bits per heavy atom. The number of carbonyl (C=O) groups is 4. The maximum absolute atomic E-state index is 13.0. The van der Waals surface area contributed by atoms with Gasteiger partial charge >= 0.3 is 17.9 Å². The molecule has 9 nitrogen and oxygen atoms in total. The van der Waals surface area contributed by atoms with Gasteiger partial charge in [-0.3, -0.25) is 14.4 Å². The molecule has 2 heterocycles. The summed E-state index contributed by atoms with van der Waals surface area (Å²) in [5.41, 5.74) is 3.08. The molecule has 0 saturated carbocycles. The summed E-state index contributed by atoms with van der Waals surface area (Å²) in [4.78, 5) is 51.5. The van der Waals surface area contributed by atoms with Crippen LogP contribution in [0.15, 0.2) is 36.0 Å². The number of benzene rings is 1. The molecule has 33 heavy (non-hydrogen) atoms. The van der Waals surface area contributed by atoms with Gasteiger partial charge in [0.05, 0.1) is 20.6 Å². The Morgan fingerprint density at radius 1 is 1.00 bits per heavy atom. The summed E-state index contributed by atoms with van der Waals surface area (Å²) in [5, 5.41) is 2.76. The zero-order chi connectivity index (χ0) is 23.8. The molecule has 1 fully saturated rings. The molecule has 0 atom stereocenters. The standard InChI is InChI=1S/C24H26N2O7/c1-31-21(28)11-9-17-18(13-22(29)32-2)19(12-16-8-10-20(27)25-16)26-23(17)24(30)33-14-15-6-4-3-5-7-15/h3-7,12,26H,8-11,13-14H2,1-2H3,(H,25,27)/b16-12-. The van der Waals surface area contributed by atoms with Crippen molar-refractivity contribution in [2.45, 2.75) is 38.7 Å². The molecular formula is C24H26N2O7. The SMILES string of the molecule is COC(=O)CCc1c(C(=O)OCc2ccccc2)[nH]c(/C=C2/CCC(=O)N2)c1CC(=O)OC. The number of aromatic amines is 1. The number of methoxy groups -OCH3 is 2. The minimum Gasteiger partial charge on any atom is -0.469 e. The lowest BCUT2D eigenvalue weighted by atomic mass is 10.00. The fourth-order valence-electron chi connectivity index (χ4n) is 3.55. The van der Waals surface area contributed by atoms with Gasteiger partial charge in [-0.2, -0.15) is 0 Å². The molecule has 1 amide bonds. The Hall–Kier alpha value is -3.88. The van der Waals surface area contributed by atoms with Crippen LogP contribution in [0.4, 0.5) is 0 Å². The van der Waals surface area contributed by atoms with E-state index in [1.807, 2.05) is 30.3 Å². The van der Waals surface area contributed by atoms with Gasteiger partial charge in [-0.25, -0.2) is 4.79 Å². The molecule has 0 radical (unpaired) electrons. The molecule has 2 aromatic rings. The number of esters is 3. The largest absolute Gasteiger partial charge is 0.469 e. The van der Waals surface area contributed by atoms with E-state index in [0.29, 0.717) is 35.4 Å². The first kappa shape index (κ1) is 23.8. The van der Waals surface area contributed by atoms with Crippen LogP contribution in [0.5, 0.6) is 0 Å². The van der Waals surface area contributed by atoms with Crippen LogP contribution in [-0.4, -0.2) is 43.0 Å². The van der Waals surface area contributed by atoms with Crippen molar-refractivity contribution in [3.8, 4) is 0 Å². The number of nitrogens with one attached hydrogen (secondary N) is 2. The van der Waals surface area contributed by atoms with E-state index in [1.54, 1.807) is 6.08 Å². The molecule has 1 aliphatic rings. The molecule has 0 bridgehead atoms. The summed E-state index contributed by atoms with van der Waals surface area (Å²) >= 11 is 0. The van der Waals surface area contributed by atoms with Gasteiger partial charge in [0.2, 0.25) is 5.91 Å².